The van der Waals surface area contributed by atoms with Crippen molar-refractivity contribution < 1.29 is 9.90 Å². The predicted molar refractivity (Wildman–Crippen MR) is 81.5 cm³/mol. The molecular weight excluding hydrogens is 410 g/mol. The molecule has 0 fully saturated rings. The number of aromatic hydroxyl groups is 1. The van der Waals surface area contributed by atoms with Crippen molar-refractivity contribution in [3.8, 4) is 5.75 Å². The molecular formula is C10H9Br2N7O2. The maximum Gasteiger partial charge on any atom is 0.263 e. The Hall–Kier alpha value is -2.01. The van der Waals surface area contributed by atoms with Crippen LogP contribution in [0.15, 0.2) is 26.2 Å². The van der Waals surface area contributed by atoms with Gasteiger partial charge in [0, 0.05) is 10.0 Å². The lowest BCUT2D eigenvalue weighted by Gasteiger charge is -2.03. The number of hydrogen-bond acceptors (Lipinski definition) is 7. The van der Waals surface area contributed by atoms with Gasteiger partial charge in [0.25, 0.3) is 11.9 Å². The fraction of sp³-hybridized carbons (Fsp3) is 0.100. The summed E-state index contributed by atoms with van der Waals surface area (Å²) in [5.74, 6) is -0.464. The highest BCUT2D eigenvalue weighted by Crippen LogP contribution is 2.30. The van der Waals surface area contributed by atoms with Gasteiger partial charge >= 0.3 is 0 Å². The third kappa shape index (κ3) is 4.23. The average Bonchev–Trinajstić information content (AvgIpc) is 2.80. The van der Waals surface area contributed by atoms with E-state index >= 15 is 0 Å². The maximum atomic E-state index is 11.6. The number of phenolic OH excluding ortho intramolecular Hbond substituents is 1. The van der Waals surface area contributed by atoms with Gasteiger partial charge in [-0.2, -0.15) is 9.90 Å². The molecule has 2 rings (SSSR count). The van der Waals surface area contributed by atoms with Crippen LogP contribution in [0.5, 0.6) is 5.75 Å². The number of carbonyl (C=O) groups is 1. The summed E-state index contributed by atoms with van der Waals surface area (Å²) in [6.07, 6.45) is 1.31. The van der Waals surface area contributed by atoms with E-state index < -0.39 is 5.91 Å². The number of phenols is 1. The fourth-order valence-corrected chi connectivity index (χ4v) is 2.60. The third-order valence-electron chi connectivity index (χ3n) is 2.20. The summed E-state index contributed by atoms with van der Waals surface area (Å²) in [5.41, 5.74) is 7.98. The number of aromatic nitrogens is 4. The van der Waals surface area contributed by atoms with Gasteiger partial charge in [-0.05, 0) is 33.3 Å². The van der Waals surface area contributed by atoms with Crippen LogP contribution in [0.4, 0.5) is 5.95 Å². The van der Waals surface area contributed by atoms with E-state index in [0.29, 0.717) is 10.0 Å². The zero-order chi connectivity index (χ0) is 15.4. The summed E-state index contributed by atoms with van der Waals surface area (Å²) < 4.78 is 1.26. The van der Waals surface area contributed by atoms with Gasteiger partial charge < -0.3 is 10.8 Å². The highest BCUT2D eigenvalue weighted by molar-refractivity contribution is 9.11. The maximum absolute atomic E-state index is 11.6. The molecule has 0 aliphatic carbocycles. The van der Waals surface area contributed by atoms with Gasteiger partial charge in [0.05, 0.1) is 10.7 Å². The molecule has 21 heavy (non-hydrogen) atoms. The fourth-order valence-electron chi connectivity index (χ4n) is 1.34. The molecule has 2 aromatic rings. The number of hydrazone groups is 1. The molecule has 1 aromatic carbocycles. The van der Waals surface area contributed by atoms with Crippen LogP contribution in [0, 0.1) is 0 Å². The smallest absolute Gasteiger partial charge is 0.263 e. The van der Waals surface area contributed by atoms with E-state index in [0.717, 1.165) is 9.27 Å². The summed E-state index contributed by atoms with van der Waals surface area (Å²) in [7, 11) is 0. The number of amides is 1. The van der Waals surface area contributed by atoms with Crippen molar-refractivity contribution in [3.05, 3.63) is 26.6 Å². The van der Waals surface area contributed by atoms with Crippen molar-refractivity contribution in [1.82, 2.24) is 25.6 Å². The summed E-state index contributed by atoms with van der Waals surface area (Å²) in [5, 5.41) is 24.2. The molecule has 0 saturated carbocycles. The Morgan fingerprint density at radius 2 is 2.29 bits per heavy atom. The van der Waals surface area contributed by atoms with E-state index in [9.17, 15) is 9.90 Å². The Morgan fingerprint density at radius 3 is 2.95 bits per heavy atom. The lowest BCUT2D eigenvalue weighted by molar-refractivity contribution is -0.122. The number of nitrogen functional groups attached to an aromatic ring is 1. The first-order valence-electron chi connectivity index (χ1n) is 5.49. The first-order chi connectivity index (χ1) is 9.95. The summed E-state index contributed by atoms with van der Waals surface area (Å²) in [4.78, 5) is 12.6. The molecule has 0 atom stereocenters. The van der Waals surface area contributed by atoms with E-state index in [2.05, 4.69) is 57.8 Å². The van der Waals surface area contributed by atoms with Crippen LogP contribution in [-0.2, 0) is 11.3 Å². The quantitative estimate of drug-likeness (QED) is 0.493. The molecule has 0 saturated heterocycles. The van der Waals surface area contributed by atoms with Crippen LogP contribution in [0.2, 0.25) is 0 Å². The SMILES string of the molecule is Nc1nnn(CC(=O)NN=Cc2cc(Br)cc(Br)c2O)n1. The Morgan fingerprint density at radius 1 is 1.52 bits per heavy atom. The number of rotatable bonds is 4. The summed E-state index contributed by atoms with van der Waals surface area (Å²) >= 11 is 6.48. The Kier molecular flexibility index (Phi) is 4.85. The van der Waals surface area contributed by atoms with Crippen molar-refractivity contribution >= 4 is 49.9 Å². The van der Waals surface area contributed by atoms with E-state index in [4.69, 9.17) is 5.73 Å². The molecule has 0 bridgehead atoms. The summed E-state index contributed by atoms with van der Waals surface area (Å²) in [6.45, 7) is -0.171. The lowest BCUT2D eigenvalue weighted by Crippen LogP contribution is -2.24. The zero-order valence-electron chi connectivity index (χ0n) is 10.4. The number of halogens is 2. The van der Waals surface area contributed by atoms with Crippen LogP contribution < -0.4 is 11.2 Å². The van der Waals surface area contributed by atoms with Gasteiger partial charge in [-0.3, -0.25) is 4.79 Å². The minimum Gasteiger partial charge on any atom is -0.506 e. The molecule has 1 amide bonds. The Balaban J connectivity index is 1.97. The van der Waals surface area contributed by atoms with Gasteiger partial charge in [0.1, 0.15) is 12.3 Å². The van der Waals surface area contributed by atoms with Gasteiger partial charge in [-0.15, -0.1) is 5.10 Å². The number of benzene rings is 1. The van der Waals surface area contributed by atoms with Crippen molar-refractivity contribution in [2.75, 3.05) is 5.73 Å². The molecule has 0 aliphatic rings. The first kappa shape index (κ1) is 15.4. The van der Waals surface area contributed by atoms with Crippen molar-refractivity contribution in [3.63, 3.8) is 0 Å². The Bertz CT molecular complexity index is 701. The number of carbonyl (C=O) groups excluding carboxylic acids is 1. The number of anilines is 1. The molecule has 0 unspecified atom stereocenters. The zero-order valence-corrected chi connectivity index (χ0v) is 13.5. The average molecular weight is 419 g/mol. The summed E-state index contributed by atoms with van der Waals surface area (Å²) in [6, 6.07) is 3.33. The standard InChI is InChI=1S/C10H9Br2N7O2/c11-6-1-5(9(21)7(12)2-6)3-14-15-8(20)4-19-17-10(13)16-18-19/h1-3,21H,4H2,(H2,13,17)(H,15,20). The number of hydrogen-bond donors (Lipinski definition) is 3. The highest BCUT2D eigenvalue weighted by Gasteiger charge is 2.07. The normalized spacial score (nSPS) is 11.0. The van der Waals surface area contributed by atoms with E-state index in [1.54, 1.807) is 12.1 Å². The highest BCUT2D eigenvalue weighted by atomic mass is 79.9. The van der Waals surface area contributed by atoms with Crippen molar-refractivity contribution in [2.45, 2.75) is 6.54 Å². The molecule has 1 aromatic heterocycles. The number of nitrogens with one attached hydrogen (secondary N) is 1. The molecule has 0 radical (unpaired) electrons. The first-order valence-corrected chi connectivity index (χ1v) is 7.07. The van der Waals surface area contributed by atoms with E-state index in [-0.39, 0.29) is 18.2 Å². The monoisotopic (exact) mass is 417 g/mol. The molecule has 9 nitrogen and oxygen atoms in total. The number of nitrogens with zero attached hydrogens (tertiary/aromatic N) is 5. The third-order valence-corrected chi connectivity index (χ3v) is 3.27. The van der Waals surface area contributed by atoms with Crippen LogP contribution in [0.1, 0.15) is 5.56 Å². The predicted octanol–water partition coefficient (Wildman–Crippen LogP) is 0.636. The molecule has 110 valence electrons. The number of tetrazole rings is 1. The molecule has 1 heterocycles. The van der Waals surface area contributed by atoms with Crippen molar-refractivity contribution in [2.24, 2.45) is 5.10 Å². The van der Waals surface area contributed by atoms with Gasteiger partial charge in [-0.1, -0.05) is 21.0 Å². The molecule has 0 spiro atoms. The lowest BCUT2D eigenvalue weighted by atomic mass is 10.2. The second-order valence-electron chi connectivity index (χ2n) is 3.80. The topological polar surface area (TPSA) is 131 Å². The van der Waals surface area contributed by atoms with Gasteiger partial charge in [-0.25, -0.2) is 5.43 Å². The largest absolute Gasteiger partial charge is 0.506 e. The second kappa shape index (κ2) is 6.63. The number of nitrogens with two attached hydrogens (primary N) is 1. The minimum absolute atomic E-state index is 0.0157. The van der Waals surface area contributed by atoms with Gasteiger partial charge in [0.15, 0.2) is 0 Å². The Labute approximate surface area is 135 Å². The van der Waals surface area contributed by atoms with Crippen LogP contribution in [0.3, 0.4) is 0 Å². The van der Waals surface area contributed by atoms with Crippen molar-refractivity contribution in [1.29, 1.82) is 0 Å². The van der Waals surface area contributed by atoms with Crippen LogP contribution in [-0.4, -0.2) is 37.4 Å². The van der Waals surface area contributed by atoms with Crippen LogP contribution in [0.25, 0.3) is 0 Å². The second-order valence-corrected chi connectivity index (χ2v) is 5.57. The van der Waals surface area contributed by atoms with Gasteiger partial charge in [0.2, 0.25) is 0 Å². The molecule has 0 aliphatic heterocycles. The van der Waals surface area contributed by atoms with Crippen LogP contribution >= 0.6 is 31.9 Å². The minimum atomic E-state index is -0.461. The molecule has 11 heteroatoms. The van der Waals surface area contributed by atoms with E-state index in [1.165, 1.54) is 6.21 Å². The van der Waals surface area contributed by atoms with E-state index in [1.807, 2.05) is 0 Å². The molecule has 4 N–H and O–H groups in total.